The molecule has 5 heteroatoms. The highest BCUT2D eigenvalue weighted by atomic mass is 32.1. The molecule has 0 atom stereocenters. The lowest BCUT2D eigenvalue weighted by atomic mass is 10.2. The van der Waals surface area contributed by atoms with E-state index in [1.807, 2.05) is 18.2 Å². The number of ether oxygens (including phenoxy) is 1. The highest BCUT2D eigenvalue weighted by Gasteiger charge is 2.11. The van der Waals surface area contributed by atoms with Crippen LogP contribution in [0.15, 0.2) is 18.2 Å². The van der Waals surface area contributed by atoms with Crippen molar-refractivity contribution in [3.8, 4) is 0 Å². The Morgan fingerprint density at radius 1 is 1.60 bits per heavy atom. The molecule has 0 saturated carbocycles. The third-order valence-electron chi connectivity index (χ3n) is 2.05. The molecule has 1 aromatic heterocycles. The van der Waals surface area contributed by atoms with Crippen LogP contribution in [-0.4, -0.2) is 18.1 Å². The molecule has 0 aliphatic rings. The van der Waals surface area contributed by atoms with E-state index in [1.54, 1.807) is 0 Å². The summed E-state index contributed by atoms with van der Waals surface area (Å²) in [5.74, 6) is -0.398. The zero-order chi connectivity index (χ0) is 10.8. The third kappa shape index (κ3) is 1.84. The van der Waals surface area contributed by atoms with Crippen molar-refractivity contribution in [1.29, 1.82) is 0 Å². The van der Waals surface area contributed by atoms with Crippen LogP contribution in [0.1, 0.15) is 15.4 Å². The first kappa shape index (κ1) is 10.1. The molecule has 2 aromatic rings. The van der Waals surface area contributed by atoms with Gasteiger partial charge in [-0.15, -0.1) is 11.3 Å². The zero-order valence-corrected chi connectivity index (χ0v) is 9.00. The molecule has 2 N–H and O–H groups in total. The Morgan fingerprint density at radius 2 is 2.40 bits per heavy atom. The van der Waals surface area contributed by atoms with Gasteiger partial charge in [0.2, 0.25) is 5.01 Å². The minimum atomic E-state index is -0.398. The SMILES string of the molecule is COC(=O)c1nc2ccc(CN)cc2s1. The van der Waals surface area contributed by atoms with Gasteiger partial charge in [0, 0.05) is 6.54 Å². The van der Waals surface area contributed by atoms with Crippen LogP contribution < -0.4 is 5.73 Å². The normalized spacial score (nSPS) is 10.5. The number of rotatable bonds is 2. The van der Waals surface area contributed by atoms with Crippen LogP contribution in [0.3, 0.4) is 0 Å². The monoisotopic (exact) mass is 222 g/mol. The van der Waals surface area contributed by atoms with Crippen molar-refractivity contribution in [3.63, 3.8) is 0 Å². The van der Waals surface area contributed by atoms with Crippen molar-refractivity contribution in [2.45, 2.75) is 6.54 Å². The number of aromatic nitrogens is 1. The van der Waals surface area contributed by atoms with Gasteiger partial charge in [-0.2, -0.15) is 0 Å². The lowest BCUT2D eigenvalue weighted by Gasteiger charge is -1.93. The van der Waals surface area contributed by atoms with E-state index in [4.69, 9.17) is 5.73 Å². The summed E-state index contributed by atoms with van der Waals surface area (Å²) in [5, 5.41) is 0.377. The van der Waals surface area contributed by atoms with Gasteiger partial charge in [-0.3, -0.25) is 0 Å². The van der Waals surface area contributed by atoms with Crippen LogP contribution in [0.25, 0.3) is 10.2 Å². The Hall–Kier alpha value is -1.46. The fourth-order valence-corrected chi connectivity index (χ4v) is 2.22. The summed E-state index contributed by atoms with van der Waals surface area (Å²) in [6, 6.07) is 5.71. The summed E-state index contributed by atoms with van der Waals surface area (Å²) in [6.45, 7) is 0.487. The molecular weight excluding hydrogens is 212 g/mol. The largest absolute Gasteiger partial charge is 0.464 e. The average molecular weight is 222 g/mol. The summed E-state index contributed by atoms with van der Waals surface area (Å²) in [4.78, 5) is 15.4. The third-order valence-corrected chi connectivity index (χ3v) is 3.05. The van der Waals surface area contributed by atoms with E-state index >= 15 is 0 Å². The maximum Gasteiger partial charge on any atom is 0.367 e. The van der Waals surface area contributed by atoms with E-state index in [0.717, 1.165) is 15.8 Å². The Balaban J connectivity index is 2.51. The van der Waals surface area contributed by atoms with Gasteiger partial charge in [0.1, 0.15) is 0 Å². The number of thiazole rings is 1. The van der Waals surface area contributed by atoms with E-state index in [9.17, 15) is 4.79 Å². The quantitative estimate of drug-likeness (QED) is 0.783. The van der Waals surface area contributed by atoms with Gasteiger partial charge in [-0.05, 0) is 17.7 Å². The van der Waals surface area contributed by atoms with Crippen molar-refractivity contribution in [3.05, 3.63) is 28.8 Å². The van der Waals surface area contributed by atoms with Gasteiger partial charge in [0.05, 0.1) is 17.3 Å². The van der Waals surface area contributed by atoms with E-state index in [2.05, 4.69) is 9.72 Å². The van der Waals surface area contributed by atoms with Crippen molar-refractivity contribution >= 4 is 27.5 Å². The zero-order valence-electron chi connectivity index (χ0n) is 8.19. The van der Waals surface area contributed by atoms with Gasteiger partial charge in [0.25, 0.3) is 0 Å². The Kier molecular flexibility index (Phi) is 2.66. The number of hydrogen-bond acceptors (Lipinski definition) is 5. The molecule has 78 valence electrons. The first-order valence-corrected chi connectivity index (χ1v) is 5.24. The molecule has 0 amide bonds. The lowest BCUT2D eigenvalue weighted by molar-refractivity contribution is 0.0600. The minimum Gasteiger partial charge on any atom is -0.464 e. The van der Waals surface area contributed by atoms with Gasteiger partial charge in [-0.1, -0.05) is 6.07 Å². The number of benzene rings is 1. The van der Waals surface area contributed by atoms with E-state index in [-0.39, 0.29) is 0 Å². The molecule has 0 radical (unpaired) electrons. The predicted molar refractivity (Wildman–Crippen MR) is 58.9 cm³/mol. The molecule has 0 unspecified atom stereocenters. The number of carbonyl (C=O) groups excluding carboxylic acids is 1. The molecule has 0 fully saturated rings. The smallest absolute Gasteiger partial charge is 0.367 e. The summed E-state index contributed by atoms with van der Waals surface area (Å²) in [5.41, 5.74) is 7.36. The molecular formula is C10H10N2O2S. The molecule has 1 heterocycles. The van der Waals surface area contributed by atoms with E-state index in [1.165, 1.54) is 18.4 Å². The summed E-state index contributed by atoms with van der Waals surface area (Å²) in [6.07, 6.45) is 0. The maximum absolute atomic E-state index is 11.2. The second-order valence-electron chi connectivity index (χ2n) is 3.02. The van der Waals surface area contributed by atoms with Gasteiger partial charge < -0.3 is 10.5 Å². The van der Waals surface area contributed by atoms with Crippen molar-refractivity contribution in [2.75, 3.05) is 7.11 Å². The Morgan fingerprint density at radius 3 is 3.07 bits per heavy atom. The summed E-state index contributed by atoms with van der Waals surface area (Å²) < 4.78 is 5.56. The first-order valence-electron chi connectivity index (χ1n) is 4.42. The maximum atomic E-state index is 11.2. The van der Waals surface area contributed by atoms with Crippen LogP contribution in [0.2, 0.25) is 0 Å². The second kappa shape index (κ2) is 3.96. The topological polar surface area (TPSA) is 65.2 Å². The van der Waals surface area contributed by atoms with Gasteiger partial charge >= 0.3 is 5.97 Å². The number of carbonyl (C=O) groups is 1. The molecule has 15 heavy (non-hydrogen) atoms. The number of esters is 1. The number of nitrogens with two attached hydrogens (primary N) is 1. The molecule has 0 bridgehead atoms. The fourth-order valence-electron chi connectivity index (χ4n) is 1.27. The Bertz CT molecular complexity index is 507. The van der Waals surface area contributed by atoms with Gasteiger partial charge in [-0.25, -0.2) is 9.78 Å². The van der Waals surface area contributed by atoms with Crippen LogP contribution in [0, 0.1) is 0 Å². The molecule has 0 saturated heterocycles. The van der Waals surface area contributed by atoms with Crippen molar-refractivity contribution in [2.24, 2.45) is 5.73 Å². The van der Waals surface area contributed by atoms with Crippen LogP contribution >= 0.6 is 11.3 Å². The van der Waals surface area contributed by atoms with Crippen molar-refractivity contribution in [1.82, 2.24) is 4.98 Å². The predicted octanol–water partition coefficient (Wildman–Crippen LogP) is 1.54. The number of fused-ring (bicyclic) bond motifs is 1. The highest BCUT2D eigenvalue weighted by Crippen LogP contribution is 2.23. The minimum absolute atomic E-state index is 0.377. The summed E-state index contributed by atoms with van der Waals surface area (Å²) >= 11 is 1.32. The average Bonchev–Trinajstić information content (AvgIpc) is 2.70. The number of hydrogen-bond donors (Lipinski definition) is 1. The molecule has 0 aliphatic carbocycles. The van der Waals surface area contributed by atoms with Crippen LogP contribution in [0.5, 0.6) is 0 Å². The molecule has 0 spiro atoms. The van der Waals surface area contributed by atoms with Crippen molar-refractivity contribution < 1.29 is 9.53 Å². The van der Waals surface area contributed by atoms with E-state index in [0.29, 0.717) is 11.6 Å². The second-order valence-corrected chi connectivity index (χ2v) is 4.05. The summed E-state index contributed by atoms with van der Waals surface area (Å²) in [7, 11) is 1.35. The molecule has 4 nitrogen and oxygen atoms in total. The molecule has 1 aromatic carbocycles. The standard InChI is InChI=1S/C10H10N2O2S/c1-14-10(13)9-12-7-3-2-6(5-11)4-8(7)15-9/h2-4H,5,11H2,1H3. The highest BCUT2D eigenvalue weighted by molar-refractivity contribution is 7.20. The Labute approximate surface area is 90.7 Å². The van der Waals surface area contributed by atoms with Gasteiger partial charge in [0.15, 0.2) is 0 Å². The van der Waals surface area contributed by atoms with Crippen LogP contribution in [-0.2, 0) is 11.3 Å². The first-order chi connectivity index (χ1) is 7.24. The fraction of sp³-hybridized carbons (Fsp3) is 0.200. The molecule has 2 rings (SSSR count). The lowest BCUT2D eigenvalue weighted by Crippen LogP contribution is -1.99. The number of methoxy groups -OCH3 is 1. The van der Waals surface area contributed by atoms with E-state index < -0.39 is 5.97 Å². The van der Waals surface area contributed by atoms with Crippen LogP contribution in [0.4, 0.5) is 0 Å². The number of nitrogens with zero attached hydrogens (tertiary/aromatic N) is 1. The molecule has 0 aliphatic heterocycles.